The van der Waals surface area contributed by atoms with E-state index in [-0.39, 0.29) is 11.2 Å². The molecule has 5 heteroatoms. The number of fused-ring (bicyclic) bond motifs is 1. The van der Waals surface area contributed by atoms with Gasteiger partial charge >= 0.3 is 7.25 Å². The number of rotatable bonds is 1. The molecule has 0 spiro atoms. The molecule has 0 aliphatic carbocycles. The molecule has 1 aliphatic heterocycles. The van der Waals surface area contributed by atoms with Crippen molar-refractivity contribution in [1.29, 1.82) is 0 Å². The fourth-order valence-corrected chi connectivity index (χ4v) is 2.10. The molecule has 2 aromatic rings. The lowest BCUT2D eigenvalue weighted by atomic mass is 9.90. The van der Waals surface area contributed by atoms with Crippen LogP contribution in [0, 0.1) is 0 Å². The standard InChI is InChI=1S/C13H17BN2O2/c1-12(2)13(3,4)18-14(17-12)16-9-7-10-11(16)6-5-8-15-10/h5-9H,1-4H3. The second-order valence-corrected chi connectivity index (χ2v) is 5.69. The predicted molar refractivity (Wildman–Crippen MR) is 71.2 cm³/mol. The van der Waals surface area contributed by atoms with Crippen LogP contribution in [-0.4, -0.2) is 27.9 Å². The average Bonchev–Trinajstić information content (AvgIpc) is 2.78. The fourth-order valence-electron chi connectivity index (χ4n) is 2.10. The van der Waals surface area contributed by atoms with Crippen molar-refractivity contribution in [3.8, 4) is 0 Å². The van der Waals surface area contributed by atoms with Gasteiger partial charge in [0.2, 0.25) is 0 Å². The summed E-state index contributed by atoms with van der Waals surface area (Å²) in [5.41, 5.74) is 1.33. The summed E-state index contributed by atoms with van der Waals surface area (Å²) in [5.74, 6) is 0. The topological polar surface area (TPSA) is 36.3 Å². The summed E-state index contributed by atoms with van der Waals surface area (Å²) >= 11 is 0. The zero-order chi connectivity index (χ0) is 13.0. The molecular formula is C13H17BN2O2. The molecule has 0 radical (unpaired) electrons. The lowest BCUT2D eigenvalue weighted by Gasteiger charge is -2.32. The first-order valence-electron chi connectivity index (χ1n) is 6.18. The van der Waals surface area contributed by atoms with E-state index in [1.807, 2.05) is 28.9 Å². The van der Waals surface area contributed by atoms with Gasteiger partial charge in [0.1, 0.15) is 0 Å². The summed E-state index contributed by atoms with van der Waals surface area (Å²) in [5, 5.41) is 0. The quantitative estimate of drug-likeness (QED) is 0.723. The van der Waals surface area contributed by atoms with Crippen LogP contribution in [0.25, 0.3) is 11.0 Å². The van der Waals surface area contributed by atoms with Crippen molar-refractivity contribution in [3.63, 3.8) is 0 Å². The summed E-state index contributed by atoms with van der Waals surface area (Å²) in [6.07, 6.45) is 3.75. The summed E-state index contributed by atoms with van der Waals surface area (Å²) in [7, 11) is -0.392. The van der Waals surface area contributed by atoms with Crippen molar-refractivity contribution in [2.45, 2.75) is 38.9 Å². The summed E-state index contributed by atoms with van der Waals surface area (Å²) < 4.78 is 14.0. The second kappa shape index (κ2) is 3.59. The van der Waals surface area contributed by atoms with E-state index in [0.717, 1.165) is 11.0 Å². The van der Waals surface area contributed by atoms with E-state index in [1.165, 1.54) is 0 Å². The van der Waals surface area contributed by atoms with E-state index in [4.69, 9.17) is 9.31 Å². The maximum atomic E-state index is 6.03. The van der Waals surface area contributed by atoms with Gasteiger partial charge in [-0.25, -0.2) is 0 Å². The molecule has 3 rings (SSSR count). The smallest absolute Gasteiger partial charge is 0.384 e. The summed E-state index contributed by atoms with van der Waals surface area (Å²) in [4.78, 5) is 4.31. The first-order valence-corrected chi connectivity index (χ1v) is 6.18. The predicted octanol–water partition coefficient (Wildman–Crippen LogP) is 2.47. The van der Waals surface area contributed by atoms with Gasteiger partial charge in [0.25, 0.3) is 0 Å². The van der Waals surface area contributed by atoms with Crippen LogP contribution in [0.5, 0.6) is 0 Å². The normalized spacial score (nSPS) is 21.7. The van der Waals surface area contributed by atoms with Gasteiger partial charge in [0.15, 0.2) is 0 Å². The SMILES string of the molecule is CC1(C)OB(n2ccc3ncccc32)OC1(C)C. The molecule has 1 fully saturated rings. The van der Waals surface area contributed by atoms with Gasteiger partial charge in [0, 0.05) is 6.20 Å². The van der Waals surface area contributed by atoms with Crippen LogP contribution in [0.3, 0.4) is 0 Å². The van der Waals surface area contributed by atoms with E-state index < -0.39 is 7.25 Å². The Morgan fingerprint density at radius 2 is 1.78 bits per heavy atom. The Bertz CT molecular complexity index is 575. The van der Waals surface area contributed by atoms with Crippen molar-refractivity contribution in [2.75, 3.05) is 0 Å². The van der Waals surface area contributed by atoms with Crippen LogP contribution in [-0.2, 0) is 9.31 Å². The third kappa shape index (κ3) is 1.58. The van der Waals surface area contributed by atoms with Crippen molar-refractivity contribution >= 4 is 18.3 Å². The molecule has 2 aromatic heterocycles. The largest absolute Gasteiger partial charge is 0.598 e. The molecule has 0 amide bonds. The van der Waals surface area contributed by atoms with Gasteiger partial charge in [-0.2, -0.15) is 0 Å². The van der Waals surface area contributed by atoms with Gasteiger partial charge in [-0.1, -0.05) is 0 Å². The maximum absolute atomic E-state index is 6.03. The Labute approximate surface area is 107 Å². The Morgan fingerprint density at radius 1 is 1.11 bits per heavy atom. The highest BCUT2D eigenvalue weighted by Gasteiger charge is 2.52. The number of hydrogen-bond donors (Lipinski definition) is 0. The van der Waals surface area contributed by atoms with E-state index >= 15 is 0 Å². The molecule has 3 heterocycles. The minimum absolute atomic E-state index is 0.323. The highest BCUT2D eigenvalue weighted by atomic mass is 16.7. The Morgan fingerprint density at radius 3 is 2.44 bits per heavy atom. The van der Waals surface area contributed by atoms with Gasteiger partial charge in [0.05, 0.1) is 22.2 Å². The second-order valence-electron chi connectivity index (χ2n) is 5.69. The third-order valence-corrected chi connectivity index (χ3v) is 3.96. The highest BCUT2D eigenvalue weighted by Crippen LogP contribution is 2.37. The number of nitrogens with zero attached hydrogens (tertiary/aromatic N) is 2. The van der Waals surface area contributed by atoms with E-state index in [2.05, 4.69) is 32.7 Å². The average molecular weight is 244 g/mol. The van der Waals surface area contributed by atoms with Crippen LogP contribution < -0.4 is 0 Å². The molecule has 0 bridgehead atoms. The zero-order valence-electron chi connectivity index (χ0n) is 11.2. The fraction of sp³-hybridized carbons (Fsp3) is 0.462. The molecule has 0 unspecified atom stereocenters. The van der Waals surface area contributed by atoms with Crippen LogP contribution in [0.4, 0.5) is 0 Å². The van der Waals surface area contributed by atoms with Crippen molar-refractivity contribution < 1.29 is 9.31 Å². The molecule has 4 nitrogen and oxygen atoms in total. The lowest BCUT2D eigenvalue weighted by molar-refractivity contribution is 0.00578. The molecule has 18 heavy (non-hydrogen) atoms. The van der Waals surface area contributed by atoms with Crippen molar-refractivity contribution in [3.05, 3.63) is 30.6 Å². The summed E-state index contributed by atoms with van der Waals surface area (Å²) in [6, 6.07) is 5.91. The van der Waals surface area contributed by atoms with E-state index in [0.29, 0.717) is 0 Å². The first-order chi connectivity index (χ1) is 8.41. The monoisotopic (exact) mass is 244 g/mol. The molecule has 0 N–H and O–H groups in total. The summed E-state index contributed by atoms with van der Waals surface area (Å²) in [6.45, 7) is 8.21. The molecule has 0 saturated carbocycles. The Hall–Kier alpha value is -1.33. The molecule has 0 aromatic carbocycles. The van der Waals surface area contributed by atoms with Crippen molar-refractivity contribution in [2.24, 2.45) is 0 Å². The first kappa shape index (κ1) is 11.7. The van der Waals surface area contributed by atoms with Crippen LogP contribution in [0.2, 0.25) is 0 Å². The minimum Gasteiger partial charge on any atom is -0.384 e. The Kier molecular flexibility index (Phi) is 2.34. The van der Waals surface area contributed by atoms with E-state index in [9.17, 15) is 0 Å². The minimum atomic E-state index is -0.392. The Balaban J connectivity index is 2.03. The zero-order valence-corrected chi connectivity index (χ0v) is 11.2. The maximum Gasteiger partial charge on any atom is 0.598 e. The van der Waals surface area contributed by atoms with Gasteiger partial charge in [-0.05, 0) is 52.1 Å². The number of aromatic nitrogens is 2. The van der Waals surface area contributed by atoms with Gasteiger partial charge < -0.3 is 13.8 Å². The molecule has 1 saturated heterocycles. The van der Waals surface area contributed by atoms with Gasteiger partial charge in [-0.15, -0.1) is 0 Å². The van der Waals surface area contributed by atoms with Gasteiger partial charge in [-0.3, -0.25) is 4.98 Å². The van der Waals surface area contributed by atoms with Crippen molar-refractivity contribution in [1.82, 2.24) is 9.46 Å². The highest BCUT2D eigenvalue weighted by molar-refractivity contribution is 6.45. The molecule has 1 aliphatic rings. The third-order valence-electron chi connectivity index (χ3n) is 3.96. The van der Waals surface area contributed by atoms with Crippen LogP contribution >= 0.6 is 0 Å². The molecular weight excluding hydrogens is 227 g/mol. The molecule has 0 atom stereocenters. The number of hydrogen-bond acceptors (Lipinski definition) is 3. The van der Waals surface area contributed by atoms with E-state index in [1.54, 1.807) is 6.20 Å². The number of pyridine rings is 1. The molecule has 94 valence electrons. The van der Waals surface area contributed by atoms with Crippen LogP contribution in [0.15, 0.2) is 30.6 Å². The van der Waals surface area contributed by atoms with Crippen LogP contribution in [0.1, 0.15) is 27.7 Å². The lowest BCUT2D eigenvalue weighted by Crippen LogP contribution is -2.41.